The van der Waals surface area contributed by atoms with Crippen LogP contribution in [0.5, 0.6) is 0 Å². The number of carbonyl (C=O) groups excluding carboxylic acids is 1. The molecule has 0 aromatic heterocycles. The minimum atomic E-state index is -4.43. The van der Waals surface area contributed by atoms with Crippen molar-refractivity contribution in [2.75, 3.05) is 0 Å². The standard InChI is InChI=1S/C15H14F3NO2/c16-15(17,18)11-6-4-5-10(9-11)12-19-14(13(20)21-12)7-2-1-3-8-14/h4-6,9H,1-3,7-8H2. The van der Waals surface area contributed by atoms with E-state index in [0.717, 1.165) is 31.4 Å². The van der Waals surface area contributed by atoms with Crippen LogP contribution in [0.2, 0.25) is 0 Å². The number of hydrogen-bond acceptors (Lipinski definition) is 3. The van der Waals surface area contributed by atoms with Crippen molar-refractivity contribution in [1.29, 1.82) is 0 Å². The van der Waals surface area contributed by atoms with E-state index in [0.29, 0.717) is 12.8 Å². The molecule has 112 valence electrons. The molecule has 0 bridgehead atoms. The first-order valence-corrected chi connectivity index (χ1v) is 6.91. The number of carbonyl (C=O) groups is 1. The zero-order valence-corrected chi connectivity index (χ0v) is 11.2. The van der Waals surface area contributed by atoms with E-state index in [9.17, 15) is 18.0 Å². The number of aliphatic imine (C=N–C) groups is 1. The molecule has 1 aromatic rings. The molecule has 0 N–H and O–H groups in total. The highest BCUT2D eigenvalue weighted by Crippen LogP contribution is 2.37. The van der Waals surface area contributed by atoms with Crippen LogP contribution in [0.25, 0.3) is 0 Å². The smallest absolute Gasteiger partial charge is 0.405 e. The summed E-state index contributed by atoms with van der Waals surface area (Å²) < 4.78 is 43.3. The second-order valence-electron chi connectivity index (χ2n) is 5.48. The van der Waals surface area contributed by atoms with E-state index in [1.54, 1.807) is 0 Å². The molecule has 0 amide bonds. The highest BCUT2D eigenvalue weighted by Gasteiger charge is 2.46. The van der Waals surface area contributed by atoms with E-state index >= 15 is 0 Å². The van der Waals surface area contributed by atoms with Crippen LogP contribution < -0.4 is 0 Å². The average molecular weight is 297 g/mol. The summed E-state index contributed by atoms with van der Waals surface area (Å²) >= 11 is 0. The Morgan fingerprint density at radius 2 is 1.86 bits per heavy atom. The van der Waals surface area contributed by atoms with Gasteiger partial charge in [-0.1, -0.05) is 25.3 Å². The monoisotopic (exact) mass is 297 g/mol. The molecule has 0 radical (unpaired) electrons. The van der Waals surface area contributed by atoms with Crippen molar-refractivity contribution in [3.63, 3.8) is 0 Å². The van der Waals surface area contributed by atoms with Crippen LogP contribution in [0.15, 0.2) is 29.3 Å². The van der Waals surface area contributed by atoms with Crippen molar-refractivity contribution in [2.45, 2.75) is 43.8 Å². The summed E-state index contributed by atoms with van der Waals surface area (Å²) in [6.45, 7) is 0. The van der Waals surface area contributed by atoms with Crippen LogP contribution in [-0.2, 0) is 15.7 Å². The van der Waals surface area contributed by atoms with Crippen molar-refractivity contribution in [2.24, 2.45) is 4.99 Å². The molecule has 1 aromatic carbocycles. The number of hydrogen-bond donors (Lipinski definition) is 0. The van der Waals surface area contributed by atoms with Gasteiger partial charge in [-0.2, -0.15) is 13.2 Å². The Kier molecular flexibility index (Phi) is 3.26. The first kappa shape index (κ1) is 14.1. The molecule has 1 heterocycles. The fourth-order valence-electron chi connectivity index (χ4n) is 2.85. The maximum absolute atomic E-state index is 12.7. The number of esters is 1. The number of ether oxygens (including phenoxy) is 1. The van der Waals surface area contributed by atoms with E-state index in [2.05, 4.69) is 4.99 Å². The van der Waals surface area contributed by atoms with Crippen LogP contribution in [0.4, 0.5) is 13.2 Å². The fraction of sp³-hybridized carbons (Fsp3) is 0.467. The summed E-state index contributed by atoms with van der Waals surface area (Å²) in [5.74, 6) is -0.428. The summed E-state index contributed by atoms with van der Waals surface area (Å²) in [5.41, 5.74) is -1.45. The SMILES string of the molecule is O=C1OC(c2cccc(C(F)(F)F)c2)=NC12CCCCC2. The van der Waals surface area contributed by atoms with Gasteiger partial charge in [-0.3, -0.25) is 0 Å². The Morgan fingerprint density at radius 1 is 1.14 bits per heavy atom. The summed E-state index contributed by atoms with van der Waals surface area (Å²) in [6, 6.07) is 4.72. The Morgan fingerprint density at radius 3 is 2.52 bits per heavy atom. The third-order valence-electron chi connectivity index (χ3n) is 4.00. The van der Waals surface area contributed by atoms with Gasteiger partial charge in [0.2, 0.25) is 5.90 Å². The van der Waals surface area contributed by atoms with Crippen molar-refractivity contribution < 1.29 is 22.7 Å². The Hall–Kier alpha value is -1.85. The number of alkyl halides is 3. The third kappa shape index (κ3) is 2.54. The first-order valence-electron chi connectivity index (χ1n) is 6.91. The van der Waals surface area contributed by atoms with Crippen LogP contribution in [0.3, 0.4) is 0 Å². The second-order valence-corrected chi connectivity index (χ2v) is 5.48. The number of nitrogens with zero attached hydrogens (tertiary/aromatic N) is 1. The molecule has 3 rings (SSSR count). The third-order valence-corrected chi connectivity index (χ3v) is 4.00. The highest BCUT2D eigenvalue weighted by molar-refractivity contribution is 6.08. The topological polar surface area (TPSA) is 38.7 Å². The predicted octanol–water partition coefficient (Wildman–Crippen LogP) is 3.71. The van der Waals surface area contributed by atoms with Gasteiger partial charge in [0.05, 0.1) is 5.56 Å². The van der Waals surface area contributed by atoms with E-state index in [-0.39, 0.29) is 11.5 Å². The lowest BCUT2D eigenvalue weighted by Crippen LogP contribution is -2.35. The predicted molar refractivity (Wildman–Crippen MR) is 69.9 cm³/mol. The first-order chi connectivity index (χ1) is 9.91. The zero-order chi connectivity index (χ0) is 15.1. The molecule has 21 heavy (non-hydrogen) atoms. The van der Waals surface area contributed by atoms with Gasteiger partial charge < -0.3 is 4.74 Å². The summed E-state index contributed by atoms with van der Waals surface area (Å²) in [5, 5.41) is 0. The van der Waals surface area contributed by atoms with Crippen LogP contribution in [0, 0.1) is 0 Å². The molecule has 0 atom stereocenters. The number of halogens is 3. The van der Waals surface area contributed by atoms with Crippen LogP contribution in [0.1, 0.15) is 43.2 Å². The Bertz CT molecular complexity index is 601. The van der Waals surface area contributed by atoms with E-state index in [1.807, 2.05) is 0 Å². The van der Waals surface area contributed by atoms with Crippen molar-refractivity contribution in [3.8, 4) is 0 Å². The van der Waals surface area contributed by atoms with Gasteiger partial charge in [-0.25, -0.2) is 9.79 Å². The number of cyclic esters (lactones) is 1. The van der Waals surface area contributed by atoms with Gasteiger partial charge >= 0.3 is 12.1 Å². The van der Waals surface area contributed by atoms with Crippen molar-refractivity contribution in [1.82, 2.24) is 0 Å². The molecule has 1 spiro atoms. The van der Waals surface area contributed by atoms with Gasteiger partial charge in [0, 0.05) is 5.56 Å². The van der Waals surface area contributed by atoms with E-state index in [1.165, 1.54) is 12.1 Å². The fourth-order valence-corrected chi connectivity index (χ4v) is 2.85. The van der Waals surface area contributed by atoms with Gasteiger partial charge in [0.15, 0.2) is 5.54 Å². The minimum Gasteiger partial charge on any atom is -0.405 e. The zero-order valence-electron chi connectivity index (χ0n) is 11.2. The van der Waals surface area contributed by atoms with Crippen molar-refractivity contribution in [3.05, 3.63) is 35.4 Å². The summed E-state index contributed by atoms with van der Waals surface area (Å²) in [6.07, 6.45) is -0.406. The van der Waals surface area contributed by atoms with Crippen LogP contribution in [-0.4, -0.2) is 17.4 Å². The molecule has 1 aliphatic heterocycles. The minimum absolute atomic E-state index is 0.00741. The lowest BCUT2D eigenvalue weighted by atomic mass is 9.83. The quantitative estimate of drug-likeness (QED) is 0.741. The molecule has 2 aliphatic rings. The van der Waals surface area contributed by atoms with E-state index in [4.69, 9.17) is 4.74 Å². The summed E-state index contributed by atoms with van der Waals surface area (Å²) in [7, 11) is 0. The number of benzene rings is 1. The molecule has 3 nitrogen and oxygen atoms in total. The van der Waals surface area contributed by atoms with Gasteiger partial charge in [0.1, 0.15) is 0 Å². The van der Waals surface area contributed by atoms with Crippen LogP contribution >= 0.6 is 0 Å². The second kappa shape index (κ2) is 4.86. The largest absolute Gasteiger partial charge is 0.416 e. The molecule has 1 aliphatic carbocycles. The molecule has 6 heteroatoms. The summed E-state index contributed by atoms with van der Waals surface area (Å²) in [4.78, 5) is 16.4. The lowest BCUT2D eigenvalue weighted by molar-refractivity contribution is -0.140. The maximum Gasteiger partial charge on any atom is 0.416 e. The highest BCUT2D eigenvalue weighted by atomic mass is 19.4. The van der Waals surface area contributed by atoms with Crippen molar-refractivity contribution >= 4 is 11.9 Å². The molecule has 0 unspecified atom stereocenters. The van der Waals surface area contributed by atoms with Gasteiger partial charge in [-0.15, -0.1) is 0 Å². The molecule has 1 fully saturated rings. The Labute approximate surface area is 119 Å². The normalized spacial score (nSPS) is 21.3. The molecule has 0 saturated heterocycles. The molecular formula is C15H14F3NO2. The Balaban J connectivity index is 1.94. The molecular weight excluding hydrogens is 283 g/mol. The van der Waals surface area contributed by atoms with Gasteiger partial charge in [0.25, 0.3) is 0 Å². The average Bonchev–Trinajstić information content (AvgIpc) is 2.76. The number of rotatable bonds is 1. The lowest BCUT2D eigenvalue weighted by Gasteiger charge is -2.25. The maximum atomic E-state index is 12.7. The van der Waals surface area contributed by atoms with E-state index < -0.39 is 23.2 Å². The molecule has 1 saturated carbocycles. The van der Waals surface area contributed by atoms with Gasteiger partial charge in [-0.05, 0) is 31.0 Å².